The van der Waals surface area contributed by atoms with Gasteiger partial charge < -0.3 is 32.7 Å². The Bertz CT molecular complexity index is 879. The summed E-state index contributed by atoms with van der Waals surface area (Å²) in [7, 11) is 0. The summed E-state index contributed by atoms with van der Waals surface area (Å²) in [5, 5.41) is 0. The number of unbranched alkanes of at least 4 members (excludes halogenated alkanes) is 25. The number of guanidine groups is 2. The Kier molecular flexibility index (Phi) is 42.9. The van der Waals surface area contributed by atoms with Crippen molar-refractivity contribution >= 4 is 11.9 Å². The van der Waals surface area contributed by atoms with E-state index in [0.717, 1.165) is 26.2 Å². The first-order chi connectivity index (χ1) is 28.3. The molecule has 0 saturated carbocycles. The van der Waals surface area contributed by atoms with E-state index in [2.05, 4.69) is 71.8 Å². The van der Waals surface area contributed by atoms with Gasteiger partial charge in [-0.05, 0) is 115 Å². The molecule has 0 amide bonds. The smallest absolute Gasteiger partial charge is 0.185 e. The Morgan fingerprint density at radius 1 is 0.379 bits per heavy atom. The van der Waals surface area contributed by atoms with Crippen LogP contribution in [0.4, 0.5) is 0 Å². The Balaban J connectivity index is 4.54. The highest BCUT2D eigenvalue weighted by molar-refractivity contribution is 5.75. The summed E-state index contributed by atoms with van der Waals surface area (Å²) >= 11 is 0. The average Bonchev–Trinajstić information content (AvgIpc) is 3.20. The maximum Gasteiger partial charge on any atom is 0.185 e. The lowest BCUT2D eigenvalue weighted by Crippen LogP contribution is -2.34. The average molecular weight is 815 g/mol. The molecule has 0 heterocycles. The van der Waals surface area contributed by atoms with Crippen LogP contribution in [0.5, 0.6) is 0 Å². The molecule has 0 aromatic rings. The number of hydrogen-bond acceptors (Lipinski definition) is 4. The normalized spacial score (nSPS) is 13.0. The molecule has 8 heteroatoms. The van der Waals surface area contributed by atoms with Gasteiger partial charge in [-0.2, -0.15) is 0 Å². The molecule has 0 bridgehead atoms. The Morgan fingerprint density at radius 3 is 0.897 bits per heavy atom. The Hall–Kier alpha value is -2.06. The van der Waals surface area contributed by atoms with Crippen LogP contribution in [0.25, 0.3) is 0 Å². The molecule has 0 fully saturated rings. The molecular weight excluding hydrogens is 713 g/mol. The van der Waals surface area contributed by atoms with E-state index in [0.29, 0.717) is 24.9 Å². The molecule has 2 unspecified atom stereocenters. The fourth-order valence-corrected chi connectivity index (χ4v) is 7.94. The SMILES string of the molecule is CCCCCCCCC=CCCCCCCCCN(CCCCN(CCCCCCCC/C=C/CCCCCCCC)CC(C)CN=C(N)N)CC(C)CN=C(N)N. The third-order valence-corrected chi connectivity index (χ3v) is 11.5. The fraction of sp³-hybridized carbons (Fsp3) is 0.880. The molecule has 8 N–H and O–H groups in total. The van der Waals surface area contributed by atoms with Crippen LogP contribution >= 0.6 is 0 Å². The number of nitrogens with two attached hydrogens (primary N) is 4. The molecular formula is C50H102N8. The molecule has 0 aliphatic heterocycles. The second-order valence-corrected chi connectivity index (χ2v) is 17.9. The lowest BCUT2D eigenvalue weighted by atomic mass is 10.1. The zero-order valence-electron chi connectivity index (χ0n) is 39.4. The number of aliphatic imine (C=N–C) groups is 2. The van der Waals surface area contributed by atoms with Gasteiger partial charge in [0.1, 0.15) is 0 Å². The highest BCUT2D eigenvalue weighted by atomic mass is 15.1. The Morgan fingerprint density at radius 2 is 0.621 bits per heavy atom. The topological polar surface area (TPSA) is 135 Å². The van der Waals surface area contributed by atoms with Crippen molar-refractivity contribution in [3.63, 3.8) is 0 Å². The maximum atomic E-state index is 5.66. The zero-order valence-corrected chi connectivity index (χ0v) is 39.4. The molecule has 0 aromatic heterocycles. The van der Waals surface area contributed by atoms with Gasteiger partial charge in [0.25, 0.3) is 0 Å². The van der Waals surface area contributed by atoms with E-state index in [1.165, 1.54) is 206 Å². The third-order valence-electron chi connectivity index (χ3n) is 11.5. The first kappa shape index (κ1) is 55.9. The number of allylic oxidation sites excluding steroid dienone is 4. The molecule has 0 saturated heterocycles. The number of nitrogens with zero attached hydrogens (tertiary/aromatic N) is 4. The van der Waals surface area contributed by atoms with Crippen LogP contribution < -0.4 is 22.9 Å². The molecule has 0 aromatic carbocycles. The second-order valence-electron chi connectivity index (χ2n) is 17.9. The van der Waals surface area contributed by atoms with Gasteiger partial charge in [-0.25, -0.2) is 0 Å². The number of rotatable bonds is 45. The van der Waals surface area contributed by atoms with E-state index in [1.807, 2.05) is 0 Å². The van der Waals surface area contributed by atoms with Gasteiger partial charge in [0.15, 0.2) is 11.9 Å². The van der Waals surface area contributed by atoms with E-state index >= 15 is 0 Å². The highest BCUT2D eigenvalue weighted by Gasteiger charge is 2.13. The van der Waals surface area contributed by atoms with Crippen molar-refractivity contribution in [3.8, 4) is 0 Å². The first-order valence-corrected chi connectivity index (χ1v) is 25.1. The van der Waals surface area contributed by atoms with Crippen molar-refractivity contribution in [3.05, 3.63) is 24.3 Å². The molecule has 0 aliphatic carbocycles. The number of hydrogen-bond donors (Lipinski definition) is 4. The van der Waals surface area contributed by atoms with E-state index in [1.54, 1.807) is 0 Å². The molecule has 342 valence electrons. The highest BCUT2D eigenvalue weighted by Crippen LogP contribution is 2.14. The van der Waals surface area contributed by atoms with Crippen molar-refractivity contribution in [2.75, 3.05) is 52.4 Å². The van der Waals surface area contributed by atoms with E-state index in [9.17, 15) is 0 Å². The minimum atomic E-state index is 0.197. The third kappa shape index (κ3) is 43.5. The van der Waals surface area contributed by atoms with Crippen LogP contribution in [0.15, 0.2) is 34.3 Å². The summed E-state index contributed by atoms with van der Waals surface area (Å²) in [5.41, 5.74) is 22.6. The minimum Gasteiger partial charge on any atom is -0.370 e. The van der Waals surface area contributed by atoms with Gasteiger partial charge in [-0.1, -0.05) is 168 Å². The standard InChI is InChI=1S/C50H102N8/c1-5-7-9-11-13-15-17-19-21-23-25-27-29-31-33-35-39-57(45-47(3)43-55-49(51)52)41-37-38-42-58(46-48(4)44-56-50(53)54)40-36-34-32-30-28-26-24-22-20-18-16-14-12-10-8-6-2/h19-22,47-48H,5-18,23-46H2,1-4H3,(H4,51,52,55)(H4,53,54,56)/b21-19+,22-20?. The summed E-state index contributed by atoms with van der Waals surface area (Å²) < 4.78 is 0. The first-order valence-electron chi connectivity index (χ1n) is 25.1. The van der Waals surface area contributed by atoms with Gasteiger partial charge in [0.2, 0.25) is 0 Å². The monoisotopic (exact) mass is 815 g/mol. The van der Waals surface area contributed by atoms with Crippen LogP contribution in [0, 0.1) is 11.8 Å². The van der Waals surface area contributed by atoms with Crippen molar-refractivity contribution < 1.29 is 0 Å². The van der Waals surface area contributed by atoms with Gasteiger partial charge in [0.05, 0.1) is 0 Å². The lowest BCUT2D eigenvalue weighted by Gasteiger charge is -2.27. The van der Waals surface area contributed by atoms with Gasteiger partial charge in [-0.3, -0.25) is 9.98 Å². The molecule has 8 nitrogen and oxygen atoms in total. The zero-order chi connectivity index (χ0) is 42.6. The minimum absolute atomic E-state index is 0.197. The van der Waals surface area contributed by atoms with Gasteiger partial charge in [-0.15, -0.1) is 0 Å². The van der Waals surface area contributed by atoms with Crippen LogP contribution in [-0.2, 0) is 0 Å². The predicted octanol–water partition coefficient (Wildman–Crippen LogP) is 12.3. The second kappa shape index (κ2) is 44.5. The molecule has 2 atom stereocenters. The molecule has 0 rings (SSSR count). The maximum absolute atomic E-state index is 5.66. The van der Waals surface area contributed by atoms with Gasteiger partial charge >= 0.3 is 0 Å². The van der Waals surface area contributed by atoms with Crippen LogP contribution in [0.2, 0.25) is 0 Å². The predicted molar refractivity (Wildman–Crippen MR) is 261 cm³/mol. The van der Waals surface area contributed by atoms with Crippen LogP contribution in [-0.4, -0.2) is 74.1 Å². The fourth-order valence-electron chi connectivity index (χ4n) is 7.94. The van der Waals surface area contributed by atoms with Crippen LogP contribution in [0.3, 0.4) is 0 Å². The van der Waals surface area contributed by atoms with Gasteiger partial charge in [0, 0.05) is 26.2 Å². The summed E-state index contributed by atoms with van der Waals surface area (Å²) in [6, 6.07) is 0. The largest absolute Gasteiger partial charge is 0.370 e. The Labute approximate surface area is 362 Å². The summed E-state index contributed by atoms with van der Waals surface area (Å²) in [5.74, 6) is 1.27. The van der Waals surface area contributed by atoms with Crippen molar-refractivity contribution in [1.29, 1.82) is 0 Å². The lowest BCUT2D eigenvalue weighted by molar-refractivity contribution is 0.207. The van der Waals surface area contributed by atoms with E-state index < -0.39 is 0 Å². The van der Waals surface area contributed by atoms with Crippen LogP contribution in [0.1, 0.15) is 220 Å². The molecule has 0 spiro atoms. The quantitative estimate of drug-likeness (QED) is 0.0209. The van der Waals surface area contributed by atoms with Crippen molar-refractivity contribution in [2.45, 2.75) is 220 Å². The molecule has 0 radical (unpaired) electrons. The van der Waals surface area contributed by atoms with Crippen molar-refractivity contribution in [2.24, 2.45) is 44.8 Å². The summed E-state index contributed by atoms with van der Waals surface area (Å²) in [4.78, 5) is 14.0. The van der Waals surface area contributed by atoms with E-state index in [-0.39, 0.29) is 11.9 Å². The molecule has 0 aliphatic rings. The summed E-state index contributed by atoms with van der Waals surface area (Å²) in [6.45, 7) is 17.2. The van der Waals surface area contributed by atoms with Crippen molar-refractivity contribution in [1.82, 2.24) is 9.80 Å². The molecule has 58 heavy (non-hydrogen) atoms. The summed E-state index contributed by atoms with van der Waals surface area (Å²) in [6.07, 6.45) is 49.8. The van der Waals surface area contributed by atoms with E-state index in [4.69, 9.17) is 22.9 Å².